The van der Waals surface area contributed by atoms with Gasteiger partial charge in [-0.05, 0) is 25.1 Å². The first-order valence-electron chi connectivity index (χ1n) is 6.44. The molecule has 2 N–H and O–H groups in total. The lowest BCUT2D eigenvalue weighted by atomic mass is 10.2. The van der Waals surface area contributed by atoms with Gasteiger partial charge in [-0.15, -0.1) is 0 Å². The van der Waals surface area contributed by atoms with E-state index in [2.05, 4.69) is 5.32 Å². The summed E-state index contributed by atoms with van der Waals surface area (Å²) < 4.78 is 16.1. The van der Waals surface area contributed by atoms with Crippen molar-refractivity contribution in [3.05, 3.63) is 47.7 Å². The number of nitrogens with one attached hydrogen (secondary N) is 1. The molecule has 0 spiro atoms. The summed E-state index contributed by atoms with van der Waals surface area (Å²) in [5, 5.41) is 11.2. The summed E-state index contributed by atoms with van der Waals surface area (Å²) in [6.45, 7) is 1.80. The number of aliphatic hydroxyl groups excluding tert-OH is 1. The van der Waals surface area contributed by atoms with E-state index >= 15 is 0 Å². The number of rotatable bonds is 7. The van der Waals surface area contributed by atoms with Gasteiger partial charge in [0.2, 0.25) is 0 Å². The van der Waals surface area contributed by atoms with Crippen molar-refractivity contribution >= 4 is 19.7 Å². The summed E-state index contributed by atoms with van der Waals surface area (Å²) in [5.41, 5.74) is 0.319. The predicted octanol–water partition coefficient (Wildman–Crippen LogP) is 1.37. The Kier molecular flexibility index (Phi) is 7.43. The Balaban J connectivity index is 2.84. The van der Waals surface area contributed by atoms with Crippen LogP contribution in [-0.2, 0) is 14.1 Å². The second-order valence-electron chi connectivity index (χ2n) is 4.06. The molecule has 0 aromatic heterocycles. The van der Waals surface area contributed by atoms with Crippen molar-refractivity contribution in [1.82, 2.24) is 5.32 Å². The third-order valence-electron chi connectivity index (χ3n) is 2.49. The fraction of sp³-hybridized carbons (Fsp3) is 0.286. The molecule has 1 aromatic rings. The Morgan fingerprint density at radius 1 is 1.33 bits per heavy atom. The molecule has 7 heteroatoms. The summed E-state index contributed by atoms with van der Waals surface area (Å²) >= 11 is 0. The smallest absolute Gasteiger partial charge is 0.354 e. The molecule has 1 unspecified atom stereocenters. The van der Waals surface area contributed by atoms with Crippen LogP contribution in [0.25, 0.3) is 0 Å². The molecule has 1 aromatic carbocycles. The lowest BCUT2D eigenvalue weighted by Gasteiger charge is -2.09. The third-order valence-corrected chi connectivity index (χ3v) is 3.50. The molecule has 1 atom stereocenters. The Morgan fingerprint density at radius 3 is 2.57 bits per heavy atom. The van der Waals surface area contributed by atoms with Crippen molar-refractivity contribution in [2.75, 3.05) is 19.1 Å². The van der Waals surface area contributed by atoms with Crippen molar-refractivity contribution in [2.24, 2.45) is 0 Å². The number of carbonyl (C=O) groups excluding carboxylic acids is 2. The van der Waals surface area contributed by atoms with E-state index in [1.54, 1.807) is 37.3 Å². The van der Waals surface area contributed by atoms with Crippen LogP contribution in [0.1, 0.15) is 17.3 Å². The molecule has 21 heavy (non-hydrogen) atoms. The van der Waals surface area contributed by atoms with Crippen LogP contribution >= 0.6 is 7.80 Å². The van der Waals surface area contributed by atoms with E-state index in [4.69, 9.17) is 9.84 Å². The molecule has 0 saturated heterocycles. The van der Waals surface area contributed by atoms with E-state index in [1.807, 2.05) is 0 Å². The van der Waals surface area contributed by atoms with Gasteiger partial charge in [-0.2, -0.15) is 0 Å². The minimum absolute atomic E-state index is 0.0182. The number of aliphatic hydroxyl groups is 1. The largest absolute Gasteiger partial charge is 0.461 e. The highest BCUT2D eigenvalue weighted by Gasteiger charge is 2.15. The molecular formula is C14H18NO5P. The van der Waals surface area contributed by atoms with Gasteiger partial charge in [-0.25, -0.2) is 4.79 Å². The molecule has 6 nitrogen and oxygen atoms in total. The molecule has 0 fully saturated rings. The number of hydrogen-bond donors (Lipinski definition) is 2. The van der Waals surface area contributed by atoms with Crippen molar-refractivity contribution < 1.29 is 24.0 Å². The third kappa shape index (κ3) is 5.94. The highest BCUT2D eigenvalue weighted by atomic mass is 31.1. The molecule has 114 valence electrons. The Bertz CT molecular complexity index is 542. The predicted molar refractivity (Wildman–Crippen MR) is 79.6 cm³/mol. The van der Waals surface area contributed by atoms with Gasteiger partial charge in [0.15, 0.2) is 0 Å². The van der Waals surface area contributed by atoms with Gasteiger partial charge in [-0.3, -0.25) is 4.79 Å². The van der Waals surface area contributed by atoms with Gasteiger partial charge < -0.3 is 19.7 Å². The first kappa shape index (κ1) is 17.1. The summed E-state index contributed by atoms with van der Waals surface area (Å²) in [5.74, 6) is -1.16. The molecular weight excluding hydrogens is 293 g/mol. The standard InChI is InChI=1S/C14H18NO5P/c1-2-20-14(18)12(8-9-21(19)10-16)15-13(17)11-6-4-3-5-7-11/h3-8,16,21H,2,9-10H2,1H3,(H,15,17). The molecule has 0 heterocycles. The molecule has 0 aliphatic carbocycles. The minimum Gasteiger partial charge on any atom is -0.461 e. The normalized spacial score (nSPS) is 12.6. The maximum atomic E-state index is 12.0. The summed E-state index contributed by atoms with van der Waals surface area (Å²) in [6.07, 6.45) is 0.893. The SMILES string of the molecule is CCOC(=O)C(=CC[PH](=O)CO)NC(=O)c1ccccc1. The molecule has 1 amide bonds. The molecule has 0 saturated carbocycles. The van der Waals surface area contributed by atoms with Gasteiger partial charge >= 0.3 is 5.97 Å². The van der Waals surface area contributed by atoms with Crippen molar-refractivity contribution in [3.8, 4) is 0 Å². The maximum Gasteiger partial charge on any atom is 0.354 e. The highest BCUT2D eigenvalue weighted by molar-refractivity contribution is 7.44. The van der Waals surface area contributed by atoms with E-state index in [9.17, 15) is 14.2 Å². The minimum atomic E-state index is -2.20. The first-order valence-corrected chi connectivity index (χ1v) is 8.27. The van der Waals surface area contributed by atoms with Gasteiger partial charge in [0.25, 0.3) is 5.91 Å². The van der Waals surface area contributed by atoms with Crippen molar-refractivity contribution in [2.45, 2.75) is 6.92 Å². The van der Waals surface area contributed by atoms with Gasteiger partial charge in [0.1, 0.15) is 13.5 Å². The second kappa shape index (κ2) is 9.10. The number of amides is 1. The zero-order valence-electron chi connectivity index (χ0n) is 11.7. The second-order valence-corrected chi connectivity index (χ2v) is 5.86. The van der Waals surface area contributed by atoms with Crippen LogP contribution in [0, 0.1) is 0 Å². The number of carbonyl (C=O) groups is 2. The number of esters is 1. The van der Waals surface area contributed by atoms with Crippen LogP contribution in [0.4, 0.5) is 0 Å². The molecule has 0 bridgehead atoms. The van der Waals surface area contributed by atoms with Crippen molar-refractivity contribution in [3.63, 3.8) is 0 Å². The lowest BCUT2D eigenvalue weighted by Crippen LogP contribution is -2.28. The van der Waals surface area contributed by atoms with Crippen LogP contribution in [-0.4, -0.2) is 36.1 Å². The summed E-state index contributed by atoms with van der Waals surface area (Å²) in [4.78, 5) is 23.8. The van der Waals surface area contributed by atoms with Crippen LogP contribution in [0.2, 0.25) is 0 Å². The number of ether oxygens (including phenoxy) is 1. The monoisotopic (exact) mass is 311 g/mol. The zero-order chi connectivity index (χ0) is 15.7. The van der Waals surface area contributed by atoms with E-state index < -0.39 is 26.0 Å². The molecule has 0 radical (unpaired) electrons. The molecule has 0 aliphatic rings. The van der Waals surface area contributed by atoms with Gasteiger partial charge in [-0.1, -0.05) is 18.2 Å². The molecule has 1 rings (SSSR count). The number of hydrogen-bond acceptors (Lipinski definition) is 5. The zero-order valence-corrected chi connectivity index (χ0v) is 12.7. The Labute approximate surface area is 123 Å². The molecule has 0 aliphatic heterocycles. The van der Waals surface area contributed by atoms with Crippen LogP contribution in [0.3, 0.4) is 0 Å². The first-order chi connectivity index (χ1) is 10.1. The van der Waals surface area contributed by atoms with Crippen LogP contribution in [0.5, 0.6) is 0 Å². The number of allylic oxidation sites excluding steroid dienone is 1. The fourth-order valence-corrected chi connectivity index (χ4v) is 2.02. The van der Waals surface area contributed by atoms with Gasteiger partial charge in [0.05, 0.1) is 13.0 Å². The highest BCUT2D eigenvalue weighted by Crippen LogP contribution is 2.18. The Morgan fingerprint density at radius 2 is 2.00 bits per heavy atom. The topological polar surface area (TPSA) is 92.7 Å². The van der Waals surface area contributed by atoms with E-state index in [0.29, 0.717) is 5.56 Å². The van der Waals surface area contributed by atoms with Crippen LogP contribution in [0.15, 0.2) is 42.1 Å². The Hall–Kier alpha value is -1.91. The van der Waals surface area contributed by atoms with Crippen LogP contribution < -0.4 is 5.32 Å². The average molecular weight is 311 g/mol. The summed E-state index contributed by atoms with van der Waals surface area (Å²) in [6, 6.07) is 8.38. The van der Waals surface area contributed by atoms with E-state index in [0.717, 1.165) is 0 Å². The van der Waals surface area contributed by atoms with Crippen molar-refractivity contribution in [1.29, 1.82) is 0 Å². The fourth-order valence-electron chi connectivity index (χ4n) is 1.46. The average Bonchev–Trinajstić information content (AvgIpc) is 2.51. The maximum absolute atomic E-state index is 12.0. The number of benzene rings is 1. The van der Waals surface area contributed by atoms with E-state index in [1.165, 1.54) is 6.08 Å². The summed E-state index contributed by atoms with van der Waals surface area (Å²) in [7, 11) is -2.20. The quantitative estimate of drug-likeness (QED) is 0.451. The van der Waals surface area contributed by atoms with Gasteiger partial charge in [0, 0.05) is 11.7 Å². The van der Waals surface area contributed by atoms with E-state index in [-0.39, 0.29) is 18.5 Å². The lowest BCUT2D eigenvalue weighted by molar-refractivity contribution is -0.138.